The summed E-state index contributed by atoms with van der Waals surface area (Å²) >= 11 is 7.51. The number of rotatable bonds is 7. The van der Waals surface area contributed by atoms with Crippen LogP contribution in [0, 0.1) is 12.7 Å². The number of sulfone groups is 1. The monoisotopic (exact) mass is 492 g/mol. The van der Waals surface area contributed by atoms with Crippen LogP contribution in [0.4, 0.5) is 9.52 Å². The molecule has 0 fully saturated rings. The van der Waals surface area contributed by atoms with E-state index in [1.54, 1.807) is 18.2 Å². The van der Waals surface area contributed by atoms with Gasteiger partial charge in [-0.2, -0.15) is 0 Å². The zero-order valence-electron chi connectivity index (χ0n) is 16.9. The minimum Gasteiger partial charge on any atom is -0.467 e. The topological polar surface area (TPSA) is 80.5 Å². The molecule has 0 unspecified atom stereocenters. The smallest absolute Gasteiger partial charge is 0.230 e. The standard InChI is InChI=1S/C22H18ClFN2O4S2/c1-14-18(23)8-9-19-21(14)25-22(31-19)26(13-16-3-2-11-30-16)20(27)10-12-32(28,29)17-6-4-15(24)5-7-17/h2-9,11H,10,12-13H2,1H3. The Bertz CT molecular complexity index is 1370. The maximum atomic E-state index is 13.1. The second-order valence-electron chi connectivity index (χ2n) is 7.10. The number of carbonyl (C=O) groups is 1. The first-order valence-corrected chi connectivity index (χ1v) is 12.5. The van der Waals surface area contributed by atoms with E-state index in [4.69, 9.17) is 16.0 Å². The highest BCUT2D eigenvalue weighted by Gasteiger charge is 2.25. The Morgan fingerprint density at radius 1 is 1.19 bits per heavy atom. The minimum absolute atomic E-state index is 0.0328. The van der Waals surface area contributed by atoms with E-state index in [2.05, 4.69) is 4.98 Å². The van der Waals surface area contributed by atoms with Crippen LogP contribution in [0.3, 0.4) is 0 Å². The highest BCUT2D eigenvalue weighted by Crippen LogP contribution is 2.34. The molecule has 4 rings (SSSR count). The largest absolute Gasteiger partial charge is 0.467 e. The third-order valence-corrected chi connectivity index (χ3v) is 8.11. The van der Waals surface area contributed by atoms with E-state index in [-0.39, 0.29) is 17.9 Å². The maximum absolute atomic E-state index is 13.1. The van der Waals surface area contributed by atoms with Gasteiger partial charge in [0.05, 0.1) is 33.7 Å². The van der Waals surface area contributed by atoms with Crippen molar-refractivity contribution in [2.24, 2.45) is 0 Å². The molecule has 0 N–H and O–H groups in total. The molecule has 2 heterocycles. The summed E-state index contributed by atoms with van der Waals surface area (Å²) in [5, 5.41) is 0.995. The summed E-state index contributed by atoms with van der Waals surface area (Å²) in [7, 11) is -3.76. The molecule has 0 aliphatic carbocycles. The van der Waals surface area contributed by atoms with Gasteiger partial charge in [-0.3, -0.25) is 9.69 Å². The molecule has 2 aromatic heterocycles. The maximum Gasteiger partial charge on any atom is 0.230 e. The first-order valence-electron chi connectivity index (χ1n) is 9.61. The second kappa shape index (κ2) is 9.01. The van der Waals surface area contributed by atoms with Gasteiger partial charge in [-0.25, -0.2) is 17.8 Å². The molecule has 0 spiro atoms. The van der Waals surface area contributed by atoms with Crippen molar-refractivity contribution in [2.75, 3.05) is 10.7 Å². The fourth-order valence-corrected chi connectivity index (χ4v) is 5.57. The third kappa shape index (κ3) is 4.69. The number of nitrogens with zero attached hydrogens (tertiary/aromatic N) is 2. The van der Waals surface area contributed by atoms with Gasteiger partial charge < -0.3 is 4.42 Å². The van der Waals surface area contributed by atoms with Crippen LogP contribution in [0.25, 0.3) is 10.2 Å². The van der Waals surface area contributed by atoms with Crippen molar-refractivity contribution < 1.29 is 22.0 Å². The van der Waals surface area contributed by atoms with Crippen LogP contribution in [-0.2, 0) is 21.2 Å². The van der Waals surface area contributed by atoms with Gasteiger partial charge >= 0.3 is 0 Å². The Morgan fingerprint density at radius 2 is 1.94 bits per heavy atom. The lowest BCUT2D eigenvalue weighted by Gasteiger charge is -2.18. The number of aryl methyl sites for hydroxylation is 1. The number of thiazole rings is 1. The molecule has 0 bridgehead atoms. The molecule has 0 aliphatic heterocycles. The highest BCUT2D eigenvalue weighted by molar-refractivity contribution is 7.91. The van der Waals surface area contributed by atoms with Crippen molar-refractivity contribution in [3.63, 3.8) is 0 Å². The molecule has 10 heteroatoms. The average Bonchev–Trinajstić information content (AvgIpc) is 3.43. The third-order valence-electron chi connectivity index (χ3n) is 4.92. The van der Waals surface area contributed by atoms with E-state index in [9.17, 15) is 17.6 Å². The summed E-state index contributed by atoms with van der Waals surface area (Å²) in [5.41, 5.74) is 1.49. The van der Waals surface area contributed by atoms with Gasteiger partial charge in [0.1, 0.15) is 11.6 Å². The van der Waals surface area contributed by atoms with Crippen LogP contribution in [-0.4, -0.2) is 25.1 Å². The van der Waals surface area contributed by atoms with Gasteiger partial charge in [0.25, 0.3) is 0 Å². The first kappa shape index (κ1) is 22.4. The Hall–Kier alpha value is -2.75. The second-order valence-corrected chi connectivity index (χ2v) is 10.6. The Balaban J connectivity index is 1.61. The molecule has 2 aromatic carbocycles. The molecule has 1 amide bonds. The van der Waals surface area contributed by atoms with Gasteiger partial charge in [0, 0.05) is 11.4 Å². The number of hydrogen-bond donors (Lipinski definition) is 0. The van der Waals surface area contributed by atoms with E-state index in [0.717, 1.165) is 22.4 Å². The molecule has 0 radical (unpaired) electrons. The number of anilines is 1. The summed E-state index contributed by atoms with van der Waals surface area (Å²) in [4.78, 5) is 19.1. The summed E-state index contributed by atoms with van der Waals surface area (Å²) < 4.78 is 44.6. The van der Waals surface area contributed by atoms with Gasteiger partial charge in [-0.05, 0) is 61.0 Å². The molecule has 4 aromatic rings. The molecule has 0 saturated heterocycles. The lowest BCUT2D eigenvalue weighted by Crippen LogP contribution is -2.31. The molecule has 6 nitrogen and oxygen atoms in total. The Labute approximate surface area is 193 Å². The number of furan rings is 1. The van der Waals surface area contributed by atoms with Crippen molar-refractivity contribution in [3.8, 4) is 0 Å². The number of fused-ring (bicyclic) bond motifs is 1. The number of carbonyl (C=O) groups excluding carboxylic acids is 1. The van der Waals surface area contributed by atoms with Gasteiger partial charge in [-0.15, -0.1) is 0 Å². The Kier molecular flexibility index (Phi) is 6.32. The number of halogens is 2. The lowest BCUT2D eigenvalue weighted by molar-refractivity contribution is -0.118. The normalized spacial score (nSPS) is 11.7. The summed E-state index contributed by atoms with van der Waals surface area (Å²) in [6.07, 6.45) is 1.23. The highest BCUT2D eigenvalue weighted by atomic mass is 35.5. The van der Waals surface area contributed by atoms with Crippen LogP contribution in [0.15, 0.2) is 64.1 Å². The van der Waals surface area contributed by atoms with Crippen molar-refractivity contribution in [3.05, 3.63) is 77.0 Å². The van der Waals surface area contributed by atoms with Crippen LogP contribution in [0.2, 0.25) is 5.02 Å². The zero-order valence-corrected chi connectivity index (χ0v) is 19.3. The number of benzene rings is 2. The summed E-state index contributed by atoms with van der Waals surface area (Å²) in [6, 6.07) is 11.6. The molecule has 0 aliphatic rings. The number of hydrogen-bond acceptors (Lipinski definition) is 6. The Morgan fingerprint density at radius 3 is 2.62 bits per heavy atom. The van der Waals surface area contributed by atoms with Crippen molar-refractivity contribution >= 4 is 54.0 Å². The van der Waals surface area contributed by atoms with Crippen LogP contribution >= 0.6 is 22.9 Å². The first-order chi connectivity index (χ1) is 15.2. The zero-order chi connectivity index (χ0) is 22.9. The predicted octanol–water partition coefficient (Wildman–Crippen LogP) is 5.39. The molecular formula is C22H18ClFN2O4S2. The van der Waals surface area contributed by atoms with E-state index in [1.165, 1.54) is 34.6 Å². The lowest BCUT2D eigenvalue weighted by atomic mass is 10.2. The molecule has 0 atom stereocenters. The van der Waals surface area contributed by atoms with Crippen LogP contribution in [0.1, 0.15) is 17.7 Å². The van der Waals surface area contributed by atoms with Gasteiger partial charge in [-0.1, -0.05) is 22.9 Å². The average molecular weight is 493 g/mol. The van der Waals surface area contributed by atoms with Gasteiger partial charge in [0.15, 0.2) is 15.0 Å². The van der Waals surface area contributed by atoms with E-state index in [0.29, 0.717) is 21.4 Å². The molecule has 32 heavy (non-hydrogen) atoms. The predicted molar refractivity (Wildman–Crippen MR) is 122 cm³/mol. The molecule has 0 saturated carbocycles. The quantitative estimate of drug-likeness (QED) is 0.323. The van der Waals surface area contributed by atoms with Crippen molar-refractivity contribution in [1.29, 1.82) is 0 Å². The SMILES string of the molecule is Cc1c(Cl)ccc2sc(N(Cc3ccco3)C(=O)CCS(=O)(=O)c3ccc(F)cc3)nc12. The van der Waals surface area contributed by atoms with E-state index in [1.807, 2.05) is 13.0 Å². The van der Waals surface area contributed by atoms with Gasteiger partial charge in [0.2, 0.25) is 5.91 Å². The van der Waals surface area contributed by atoms with E-state index >= 15 is 0 Å². The fraction of sp³-hybridized carbons (Fsp3) is 0.182. The van der Waals surface area contributed by atoms with E-state index < -0.39 is 27.3 Å². The molecular weight excluding hydrogens is 475 g/mol. The van der Waals surface area contributed by atoms with Crippen LogP contribution < -0.4 is 4.90 Å². The summed E-state index contributed by atoms with van der Waals surface area (Å²) in [5.74, 6) is -0.832. The number of aromatic nitrogens is 1. The number of amides is 1. The fourth-order valence-electron chi connectivity index (χ4n) is 3.14. The minimum atomic E-state index is -3.76. The van der Waals surface area contributed by atoms with Crippen LogP contribution in [0.5, 0.6) is 0 Å². The summed E-state index contributed by atoms with van der Waals surface area (Å²) in [6.45, 7) is 1.96. The molecule has 166 valence electrons. The van der Waals surface area contributed by atoms with Crippen molar-refractivity contribution in [1.82, 2.24) is 4.98 Å². The van der Waals surface area contributed by atoms with Crippen molar-refractivity contribution in [2.45, 2.75) is 24.8 Å².